The van der Waals surface area contributed by atoms with Crippen LogP contribution in [0, 0.1) is 0 Å². The van der Waals surface area contributed by atoms with E-state index >= 15 is 0 Å². The molecule has 0 atom stereocenters. The van der Waals surface area contributed by atoms with Crippen molar-refractivity contribution in [1.82, 2.24) is 4.98 Å². The van der Waals surface area contributed by atoms with Gasteiger partial charge in [-0.05, 0) is 30.3 Å². The molecule has 1 aromatic heterocycles. The zero-order chi connectivity index (χ0) is 12.3. The van der Waals surface area contributed by atoms with Crippen molar-refractivity contribution in [1.29, 1.82) is 0 Å². The third-order valence-electron chi connectivity index (χ3n) is 2.12. The smallest absolute Gasteiger partial charge is 0.256 e. The number of aromatic nitrogens is 1. The number of pyridine rings is 1. The summed E-state index contributed by atoms with van der Waals surface area (Å²) < 4.78 is 0.889. The van der Waals surface area contributed by atoms with Crippen LogP contribution in [0.2, 0.25) is 0 Å². The lowest BCUT2D eigenvalue weighted by Crippen LogP contribution is -2.12. The molecule has 3 nitrogen and oxygen atoms in total. The van der Waals surface area contributed by atoms with Crippen LogP contribution in [0.25, 0.3) is 0 Å². The largest absolute Gasteiger partial charge is 0.321 e. The molecule has 0 saturated heterocycles. The number of hydrogen-bond acceptors (Lipinski definition) is 3. The van der Waals surface area contributed by atoms with Crippen molar-refractivity contribution in [2.45, 2.75) is 4.90 Å². The summed E-state index contributed by atoms with van der Waals surface area (Å²) in [4.78, 5) is 16.5. The van der Waals surface area contributed by atoms with Gasteiger partial charge in [-0.25, -0.2) is 0 Å². The summed E-state index contributed by atoms with van der Waals surface area (Å²) in [7, 11) is 0. The van der Waals surface area contributed by atoms with Crippen LogP contribution in [-0.4, -0.2) is 10.9 Å². The van der Waals surface area contributed by atoms with Crippen molar-refractivity contribution in [3.8, 4) is 0 Å². The molecule has 0 aliphatic carbocycles. The maximum absolute atomic E-state index is 11.9. The fourth-order valence-corrected chi connectivity index (χ4v) is 2.19. The van der Waals surface area contributed by atoms with Gasteiger partial charge >= 0.3 is 0 Å². The number of nitrogens with one attached hydrogen (secondary N) is 1. The van der Waals surface area contributed by atoms with Crippen molar-refractivity contribution in [3.63, 3.8) is 0 Å². The van der Waals surface area contributed by atoms with E-state index in [0.717, 1.165) is 4.47 Å². The Bertz CT molecular complexity index is 545. The fourth-order valence-electron chi connectivity index (χ4n) is 1.33. The van der Waals surface area contributed by atoms with Crippen LogP contribution >= 0.6 is 28.6 Å². The lowest BCUT2D eigenvalue weighted by molar-refractivity contribution is 0.102. The molecule has 0 saturated carbocycles. The molecular formula is C12H9BrN2OS. The summed E-state index contributed by atoms with van der Waals surface area (Å²) in [5, 5.41) is 2.75. The molecule has 1 aromatic carbocycles. The Morgan fingerprint density at radius 1 is 1.35 bits per heavy atom. The van der Waals surface area contributed by atoms with Crippen LogP contribution in [0.4, 0.5) is 5.69 Å². The van der Waals surface area contributed by atoms with Gasteiger partial charge in [-0.3, -0.25) is 9.78 Å². The first-order valence-electron chi connectivity index (χ1n) is 4.87. The minimum Gasteiger partial charge on any atom is -0.321 e. The summed E-state index contributed by atoms with van der Waals surface area (Å²) in [5.41, 5.74) is 1.19. The van der Waals surface area contributed by atoms with Crippen LogP contribution in [0.3, 0.4) is 0 Å². The maximum Gasteiger partial charge on any atom is 0.256 e. The zero-order valence-corrected chi connectivity index (χ0v) is 11.2. The van der Waals surface area contributed by atoms with E-state index in [-0.39, 0.29) is 5.91 Å². The van der Waals surface area contributed by atoms with Crippen molar-refractivity contribution < 1.29 is 4.79 Å². The quantitative estimate of drug-likeness (QED) is 0.835. The van der Waals surface area contributed by atoms with Crippen LogP contribution in [-0.2, 0) is 0 Å². The third kappa shape index (κ3) is 3.08. The number of nitrogens with zero attached hydrogens (tertiary/aromatic N) is 1. The van der Waals surface area contributed by atoms with E-state index in [1.807, 2.05) is 0 Å². The van der Waals surface area contributed by atoms with Crippen LogP contribution in [0.1, 0.15) is 10.4 Å². The highest BCUT2D eigenvalue weighted by Crippen LogP contribution is 2.20. The standard InChI is InChI=1S/C12H9BrN2OS/c13-8-3-4-10(11(17)6-8)12(16)15-9-2-1-5-14-7-9/h1-7,17H,(H,15,16). The van der Waals surface area contributed by atoms with Gasteiger partial charge in [0.15, 0.2) is 0 Å². The molecule has 0 spiro atoms. The molecule has 0 bridgehead atoms. The Balaban J connectivity index is 2.21. The van der Waals surface area contributed by atoms with E-state index in [1.54, 1.807) is 42.7 Å². The van der Waals surface area contributed by atoms with Crippen molar-refractivity contribution in [2.75, 3.05) is 5.32 Å². The molecule has 0 fully saturated rings. The molecule has 0 aliphatic rings. The molecule has 17 heavy (non-hydrogen) atoms. The van der Waals surface area contributed by atoms with Gasteiger partial charge in [0.2, 0.25) is 0 Å². The second-order valence-electron chi connectivity index (χ2n) is 3.36. The van der Waals surface area contributed by atoms with Crippen molar-refractivity contribution >= 4 is 40.2 Å². The minimum absolute atomic E-state index is 0.199. The third-order valence-corrected chi connectivity index (χ3v) is 2.99. The average Bonchev–Trinajstić information content (AvgIpc) is 2.30. The van der Waals surface area contributed by atoms with Crippen LogP contribution < -0.4 is 5.32 Å². The molecule has 1 N–H and O–H groups in total. The average molecular weight is 309 g/mol. The number of carbonyl (C=O) groups is 1. The fraction of sp³-hybridized carbons (Fsp3) is 0. The van der Waals surface area contributed by atoms with Gasteiger partial charge in [0, 0.05) is 15.6 Å². The molecule has 2 aromatic rings. The summed E-state index contributed by atoms with van der Waals surface area (Å²) in [5.74, 6) is -0.199. The highest BCUT2D eigenvalue weighted by atomic mass is 79.9. The van der Waals surface area contributed by atoms with Crippen molar-refractivity contribution in [3.05, 3.63) is 52.8 Å². The van der Waals surface area contributed by atoms with E-state index in [0.29, 0.717) is 16.1 Å². The van der Waals surface area contributed by atoms with E-state index in [1.165, 1.54) is 0 Å². The lowest BCUT2D eigenvalue weighted by atomic mass is 10.2. The van der Waals surface area contributed by atoms with Crippen molar-refractivity contribution in [2.24, 2.45) is 0 Å². The molecule has 0 radical (unpaired) electrons. The Hall–Kier alpha value is -1.33. The summed E-state index contributed by atoms with van der Waals surface area (Å²) in [6.07, 6.45) is 3.24. The topological polar surface area (TPSA) is 42.0 Å². The van der Waals surface area contributed by atoms with Gasteiger partial charge in [-0.15, -0.1) is 12.6 Å². The van der Waals surface area contributed by atoms with Crippen LogP contribution in [0.15, 0.2) is 52.1 Å². The first kappa shape index (κ1) is 12.1. The van der Waals surface area contributed by atoms with Gasteiger partial charge in [-0.2, -0.15) is 0 Å². The van der Waals surface area contributed by atoms with E-state index in [2.05, 4.69) is 38.9 Å². The number of amides is 1. The number of thiol groups is 1. The number of rotatable bonds is 2. The minimum atomic E-state index is -0.199. The molecule has 1 amide bonds. The molecule has 5 heteroatoms. The summed E-state index contributed by atoms with van der Waals surface area (Å²) >= 11 is 7.59. The molecular weight excluding hydrogens is 300 g/mol. The second kappa shape index (κ2) is 5.33. The summed E-state index contributed by atoms with van der Waals surface area (Å²) in [6.45, 7) is 0. The predicted octanol–water partition coefficient (Wildman–Crippen LogP) is 3.39. The lowest BCUT2D eigenvalue weighted by Gasteiger charge is -2.06. The number of hydrogen-bond donors (Lipinski definition) is 2. The van der Waals surface area contributed by atoms with Gasteiger partial charge < -0.3 is 5.32 Å². The molecule has 0 unspecified atom stereocenters. The highest BCUT2D eigenvalue weighted by molar-refractivity contribution is 9.10. The Labute approximate surface area is 113 Å². The number of halogens is 1. The Morgan fingerprint density at radius 3 is 2.82 bits per heavy atom. The normalized spacial score (nSPS) is 10.0. The Morgan fingerprint density at radius 2 is 2.18 bits per heavy atom. The highest BCUT2D eigenvalue weighted by Gasteiger charge is 2.09. The van der Waals surface area contributed by atoms with E-state index in [9.17, 15) is 4.79 Å². The maximum atomic E-state index is 11.9. The number of benzene rings is 1. The van der Waals surface area contributed by atoms with E-state index < -0.39 is 0 Å². The first-order valence-corrected chi connectivity index (χ1v) is 6.11. The molecule has 2 rings (SSSR count). The van der Waals surface area contributed by atoms with Gasteiger partial charge in [0.05, 0.1) is 17.4 Å². The molecule has 1 heterocycles. The van der Waals surface area contributed by atoms with E-state index in [4.69, 9.17) is 0 Å². The monoisotopic (exact) mass is 308 g/mol. The second-order valence-corrected chi connectivity index (χ2v) is 4.75. The van der Waals surface area contributed by atoms with Crippen LogP contribution in [0.5, 0.6) is 0 Å². The van der Waals surface area contributed by atoms with Gasteiger partial charge in [-0.1, -0.05) is 15.9 Å². The predicted molar refractivity (Wildman–Crippen MR) is 73.6 cm³/mol. The SMILES string of the molecule is O=C(Nc1cccnc1)c1ccc(Br)cc1S. The Kier molecular flexibility index (Phi) is 3.81. The summed E-state index contributed by atoms with van der Waals surface area (Å²) in [6, 6.07) is 8.85. The number of carbonyl (C=O) groups excluding carboxylic acids is 1. The molecule has 0 aliphatic heterocycles. The first-order chi connectivity index (χ1) is 8.16. The number of anilines is 1. The van der Waals surface area contributed by atoms with Gasteiger partial charge in [0.1, 0.15) is 0 Å². The zero-order valence-electron chi connectivity index (χ0n) is 8.72. The van der Waals surface area contributed by atoms with Gasteiger partial charge in [0.25, 0.3) is 5.91 Å². The molecule has 86 valence electrons.